The molecule has 2 saturated carbocycles. The first-order valence-corrected chi connectivity index (χ1v) is 12.2. The average Bonchev–Trinajstić information content (AvgIpc) is 3.02. The SMILES string of the molecule is C=C1CCC[C@@]2(C)C[C@H]3OC(=O)[C@@H](CN4CCC(Cc5ccccc5)CC4)[C@@H]3C[C@H]12. The van der Waals surface area contributed by atoms with Crippen LogP contribution in [0.3, 0.4) is 0 Å². The van der Waals surface area contributed by atoms with Crippen molar-refractivity contribution >= 4 is 5.97 Å². The number of nitrogens with zero attached hydrogens (tertiary/aromatic N) is 1. The molecule has 0 amide bonds. The van der Waals surface area contributed by atoms with Crippen molar-refractivity contribution in [2.24, 2.45) is 29.1 Å². The van der Waals surface area contributed by atoms with Gasteiger partial charge in [-0.15, -0.1) is 0 Å². The Morgan fingerprint density at radius 2 is 1.97 bits per heavy atom. The van der Waals surface area contributed by atoms with Gasteiger partial charge < -0.3 is 9.64 Å². The lowest BCUT2D eigenvalue weighted by Gasteiger charge is -2.50. The summed E-state index contributed by atoms with van der Waals surface area (Å²) in [6, 6.07) is 10.9. The maximum absolute atomic E-state index is 12.8. The van der Waals surface area contributed by atoms with Crippen molar-refractivity contribution in [2.45, 2.75) is 64.4 Å². The third-order valence-electron chi connectivity index (χ3n) is 8.85. The van der Waals surface area contributed by atoms with Gasteiger partial charge in [-0.25, -0.2) is 0 Å². The van der Waals surface area contributed by atoms with Gasteiger partial charge in [0.15, 0.2) is 0 Å². The van der Waals surface area contributed by atoms with E-state index in [1.165, 1.54) is 49.7 Å². The molecule has 5 atom stereocenters. The Kier molecular flexibility index (Phi) is 5.51. The van der Waals surface area contributed by atoms with Crippen LogP contribution in [0.2, 0.25) is 0 Å². The number of ether oxygens (including phenoxy) is 1. The first-order valence-electron chi connectivity index (χ1n) is 12.2. The summed E-state index contributed by atoms with van der Waals surface area (Å²) in [4.78, 5) is 15.4. The maximum Gasteiger partial charge on any atom is 0.310 e. The average molecular weight is 408 g/mol. The molecule has 3 heteroatoms. The van der Waals surface area contributed by atoms with Crippen LogP contribution in [0.5, 0.6) is 0 Å². The number of likely N-dealkylation sites (tertiary alicyclic amines) is 1. The van der Waals surface area contributed by atoms with E-state index in [-0.39, 0.29) is 18.0 Å². The summed E-state index contributed by atoms with van der Waals surface area (Å²) in [6.07, 6.45) is 9.65. The molecule has 30 heavy (non-hydrogen) atoms. The Morgan fingerprint density at radius 1 is 1.20 bits per heavy atom. The fraction of sp³-hybridized carbons (Fsp3) is 0.667. The molecule has 1 aromatic carbocycles. The molecule has 162 valence electrons. The molecule has 0 spiro atoms. The number of benzene rings is 1. The second kappa shape index (κ2) is 8.15. The molecule has 3 nitrogen and oxygen atoms in total. The molecule has 0 bridgehead atoms. The van der Waals surface area contributed by atoms with Crippen LogP contribution in [0.4, 0.5) is 0 Å². The highest BCUT2D eigenvalue weighted by Gasteiger charge is 2.55. The third-order valence-corrected chi connectivity index (χ3v) is 8.85. The molecule has 5 rings (SSSR count). The van der Waals surface area contributed by atoms with Crippen LogP contribution in [0.15, 0.2) is 42.5 Å². The largest absolute Gasteiger partial charge is 0.462 e. The van der Waals surface area contributed by atoms with Crippen molar-refractivity contribution in [3.05, 3.63) is 48.0 Å². The lowest BCUT2D eigenvalue weighted by atomic mass is 9.55. The molecule has 2 aliphatic heterocycles. The van der Waals surface area contributed by atoms with Crippen LogP contribution in [-0.4, -0.2) is 36.6 Å². The van der Waals surface area contributed by atoms with E-state index in [0.717, 1.165) is 38.4 Å². The Bertz CT molecular complexity index is 781. The fourth-order valence-electron chi connectivity index (χ4n) is 7.06. The molecule has 2 saturated heterocycles. The van der Waals surface area contributed by atoms with Gasteiger partial charge in [-0.2, -0.15) is 0 Å². The van der Waals surface area contributed by atoms with Gasteiger partial charge in [0.25, 0.3) is 0 Å². The maximum atomic E-state index is 12.8. The summed E-state index contributed by atoms with van der Waals surface area (Å²) in [7, 11) is 0. The van der Waals surface area contributed by atoms with Gasteiger partial charge in [0, 0.05) is 12.5 Å². The zero-order valence-electron chi connectivity index (χ0n) is 18.5. The van der Waals surface area contributed by atoms with E-state index in [4.69, 9.17) is 4.74 Å². The van der Waals surface area contributed by atoms with Crippen molar-refractivity contribution in [1.82, 2.24) is 4.90 Å². The smallest absolute Gasteiger partial charge is 0.310 e. The summed E-state index contributed by atoms with van der Waals surface area (Å²) < 4.78 is 5.97. The minimum Gasteiger partial charge on any atom is -0.462 e. The van der Waals surface area contributed by atoms with Gasteiger partial charge in [0.2, 0.25) is 0 Å². The summed E-state index contributed by atoms with van der Waals surface area (Å²) in [5.74, 6) is 1.89. The van der Waals surface area contributed by atoms with E-state index in [2.05, 4.69) is 48.7 Å². The van der Waals surface area contributed by atoms with E-state index in [1.54, 1.807) is 0 Å². The summed E-state index contributed by atoms with van der Waals surface area (Å²) in [5, 5.41) is 0. The van der Waals surface area contributed by atoms with E-state index in [0.29, 0.717) is 17.3 Å². The number of rotatable bonds is 4. The predicted octanol–water partition coefficient (Wildman–Crippen LogP) is 5.26. The highest BCUT2D eigenvalue weighted by atomic mass is 16.6. The minimum atomic E-state index is 0.0694. The van der Waals surface area contributed by atoms with E-state index >= 15 is 0 Å². The molecule has 4 aliphatic rings. The molecule has 0 N–H and O–H groups in total. The fourth-order valence-corrected chi connectivity index (χ4v) is 7.06. The van der Waals surface area contributed by atoms with E-state index < -0.39 is 0 Å². The molecule has 2 aliphatic carbocycles. The molecule has 0 aromatic heterocycles. The predicted molar refractivity (Wildman–Crippen MR) is 120 cm³/mol. The minimum absolute atomic E-state index is 0.0694. The van der Waals surface area contributed by atoms with Gasteiger partial charge in [-0.3, -0.25) is 4.79 Å². The molecule has 4 fully saturated rings. The van der Waals surface area contributed by atoms with Gasteiger partial charge in [-0.1, -0.05) is 49.4 Å². The van der Waals surface area contributed by atoms with Crippen molar-refractivity contribution in [3.63, 3.8) is 0 Å². The number of carbonyl (C=O) groups excluding carboxylic acids is 1. The number of allylic oxidation sites excluding steroid dienone is 1. The van der Waals surface area contributed by atoms with Crippen LogP contribution in [0, 0.1) is 29.1 Å². The normalized spacial score (nSPS) is 37.5. The topological polar surface area (TPSA) is 29.5 Å². The van der Waals surface area contributed by atoms with Crippen LogP contribution in [0.1, 0.15) is 57.4 Å². The second-order valence-corrected chi connectivity index (χ2v) is 10.8. The van der Waals surface area contributed by atoms with Crippen LogP contribution < -0.4 is 0 Å². The van der Waals surface area contributed by atoms with Gasteiger partial charge >= 0.3 is 5.97 Å². The lowest BCUT2D eigenvalue weighted by molar-refractivity contribution is -0.146. The highest BCUT2D eigenvalue weighted by Crippen LogP contribution is 2.57. The number of hydrogen-bond acceptors (Lipinski definition) is 3. The van der Waals surface area contributed by atoms with Gasteiger partial charge in [-0.05, 0) is 87.3 Å². The second-order valence-electron chi connectivity index (χ2n) is 10.8. The van der Waals surface area contributed by atoms with E-state index in [1.807, 2.05) is 0 Å². The molecule has 2 heterocycles. The molecular weight excluding hydrogens is 370 g/mol. The lowest BCUT2D eigenvalue weighted by Crippen LogP contribution is -2.46. The number of hydrogen-bond donors (Lipinski definition) is 0. The summed E-state index contributed by atoms with van der Waals surface area (Å²) >= 11 is 0. The first kappa shape index (κ1) is 20.3. The monoisotopic (exact) mass is 407 g/mol. The number of carbonyl (C=O) groups is 1. The Balaban J connectivity index is 1.19. The van der Waals surface area contributed by atoms with Crippen LogP contribution in [0.25, 0.3) is 0 Å². The quantitative estimate of drug-likeness (QED) is 0.504. The van der Waals surface area contributed by atoms with Crippen LogP contribution in [-0.2, 0) is 16.0 Å². The summed E-state index contributed by atoms with van der Waals surface area (Å²) in [5.41, 5.74) is 3.18. The Hall–Kier alpha value is -1.61. The molecule has 1 aromatic rings. The Morgan fingerprint density at radius 3 is 2.73 bits per heavy atom. The van der Waals surface area contributed by atoms with Gasteiger partial charge in [0.05, 0.1) is 5.92 Å². The van der Waals surface area contributed by atoms with Crippen molar-refractivity contribution in [2.75, 3.05) is 19.6 Å². The summed E-state index contributed by atoms with van der Waals surface area (Å²) in [6.45, 7) is 9.97. The van der Waals surface area contributed by atoms with E-state index in [9.17, 15) is 4.79 Å². The number of piperidine rings is 1. The van der Waals surface area contributed by atoms with Gasteiger partial charge in [0.1, 0.15) is 6.10 Å². The van der Waals surface area contributed by atoms with Crippen molar-refractivity contribution in [1.29, 1.82) is 0 Å². The standard InChI is InChI=1S/C27H37NO2/c1-19-7-6-12-27(2)17-25-22(16-24(19)27)23(26(29)30-25)18-28-13-10-21(11-14-28)15-20-8-4-3-5-9-20/h3-5,8-9,21-25H,1,6-7,10-18H2,2H3/t22-,23-,24+,25+,27-/m0/s1. The molecule has 0 radical (unpaired) electrons. The Labute approximate surface area is 181 Å². The third kappa shape index (κ3) is 3.86. The first-order chi connectivity index (χ1) is 14.5. The van der Waals surface area contributed by atoms with Crippen LogP contribution >= 0.6 is 0 Å². The zero-order chi connectivity index (χ0) is 20.7. The molecular formula is C27H37NO2. The molecule has 0 unspecified atom stereocenters. The van der Waals surface area contributed by atoms with Crippen molar-refractivity contribution < 1.29 is 9.53 Å². The number of esters is 1. The van der Waals surface area contributed by atoms with Crippen molar-refractivity contribution in [3.8, 4) is 0 Å². The zero-order valence-corrected chi connectivity index (χ0v) is 18.5. The number of fused-ring (bicyclic) bond motifs is 2. The highest BCUT2D eigenvalue weighted by molar-refractivity contribution is 5.75.